The first-order valence-electron chi connectivity index (χ1n) is 9.89. The van der Waals surface area contributed by atoms with Crippen LogP contribution in [0.2, 0.25) is 0 Å². The summed E-state index contributed by atoms with van der Waals surface area (Å²) in [5.41, 5.74) is 14.8. The molecule has 2 aromatic heterocycles. The highest BCUT2D eigenvalue weighted by molar-refractivity contribution is 7.92. The van der Waals surface area contributed by atoms with Crippen LogP contribution in [0.3, 0.4) is 0 Å². The number of nitrogens with two attached hydrogens (primary N) is 2. The largest absolute Gasteiger partial charge is 0.414 e. The Bertz CT molecular complexity index is 1370. The van der Waals surface area contributed by atoms with Crippen LogP contribution in [0.25, 0.3) is 34.3 Å². The quantitative estimate of drug-likeness (QED) is 0.435. The molecule has 10 heteroatoms. The fourth-order valence-electron chi connectivity index (χ4n) is 3.00. The van der Waals surface area contributed by atoms with E-state index in [0.29, 0.717) is 23.7 Å². The number of anilines is 1. The number of hydrogen-bond acceptors (Lipinski definition) is 9. The highest BCUT2D eigenvalue weighted by Gasteiger charge is 2.20. The third-order valence-electron chi connectivity index (χ3n) is 4.96. The lowest BCUT2D eigenvalue weighted by Crippen LogP contribution is -2.13. The van der Waals surface area contributed by atoms with Crippen molar-refractivity contribution in [3.05, 3.63) is 60.3 Å². The molecular formula is C22H30N6O3S. The summed E-state index contributed by atoms with van der Waals surface area (Å²) in [7, 11) is -3.36. The predicted octanol–water partition coefficient (Wildman–Crippen LogP) is 4.07. The normalized spacial score (nSPS) is 11.8. The standard InChI is InChI=1S/C22H22N6O3S.4H2/c1-13(2)32(29,30)17-9-7-15(8-10-17)18-12-25-20(24)19(26-18)22-28-27-21(31-22)16-5-3-14(11-23)4-6-16;;;;/h3-10,12-13H,11,23H2,1-2H3,(H2,24,25);4*1H. The van der Waals surface area contributed by atoms with Gasteiger partial charge in [-0.3, -0.25) is 0 Å². The summed E-state index contributed by atoms with van der Waals surface area (Å²) in [6, 6.07) is 13.9. The lowest BCUT2D eigenvalue weighted by Gasteiger charge is -2.09. The van der Waals surface area contributed by atoms with Gasteiger partial charge in [0.25, 0.3) is 5.89 Å². The first-order chi connectivity index (χ1) is 15.3. The van der Waals surface area contributed by atoms with Crippen LogP contribution in [0.1, 0.15) is 25.1 Å². The average Bonchev–Trinajstić information content (AvgIpc) is 3.29. The van der Waals surface area contributed by atoms with Crippen LogP contribution in [0, 0.1) is 0 Å². The van der Waals surface area contributed by atoms with E-state index >= 15 is 0 Å². The second kappa shape index (κ2) is 8.48. The molecule has 0 aliphatic heterocycles. The molecule has 0 radical (unpaired) electrons. The molecule has 0 fully saturated rings. The molecule has 32 heavy (non-hydrogen) atoms. The van der Waals surface area contributed by atoms with Gasteiger partial charge in [-0.2, -0.15) is 0 Å². The Balaban J connectivity index is 0.00000306. The van der Waals surface area contributed by atoms with E-state index in [2.05, 4.69) is 20.2 Å². The van der Waals surface area contributed by atoms with Crippen LogP contribution in [-0.4, -0.2) is 33.8 Å². The van der Waals surface area contributed by atoms with Gasteiger partial charge in [-0.25, -0.2) is 18.4 Å². The van der Waals surface area contributed by atoms with Crippen molar-refractivity contribution in [3.8, 4) is 34.3 Å². The summed E-state index contributed by atoms with van der Waals surface area (Å²) in [5, 5.41) is 7.64. The molecule has 172 valence electrons. The molecule has 0 amide bonds. The number of aromatic nitrogens is 4. The molecule has 0 atom stereocenters. The van der Waals surface area contributed by atoms with Gasteiger partial charge < -0.3 is 15.9 Å². The van der Waals surface area contributed by atoms with E-state index in [1.54, 1.807) is 38.1 Å². The third kappa shape index (κ3) is 4.10. The molecule has 0 saturated carbocycles. The molecule has 0 aliphatic rings. The summed E-state index contributed by atoms with van der Waals surface area (Å²) in [4.78, 5) is 8.97. The minimum absolute atomic E-state index is 0. The van der Waals surface area contributed by atoms with Crippen molar-refractivity contribution in [1.29, 1.82) is 0 Å². The van der Waals surface area contributed by atoms with Crippen LogP contribution in [0.15, 0.2) is 64.0 Å². The van der Waals surface area contributed by atoms with Gasteiger partial charge in [-0.15, -0.1) is 10.2 Å². The minimum atomic E-state index is -3.36. The van der Waals surface area contributed by atoms with Crippen molar-refractivity contribution in [2.45, 2.75) is 30.5 Å². The van der Waals surface area contributed by atoms with Crippen LogP contribution in [0.5, 0.6) is 0 Å². The number of rotatable bonds is 6. The molecule has 4 aromatic rings. The summed E-state index contributed by atoms with van der Waals surface area (Å²) < 4.78 is 30.5. The number of hydrogen-bond donors (Lipinski definition) is 2. The maximum Gasteiger partial charge on any atom is 0.270 e. The van der Waals surface area contributed by atoms with E-state index in [1.807, 2.05) is 24.3 Å². The number of nitrogen functional groups attached to an aromatic ring is 1. The Morgan fingerprint density at radius 2 is 1.59 bits per heavy atom. The van der Waals surface area contributed by atoms with Gasteiger partial charge in [0.15, 0.2) is 21.3 Å². The average molecular weight is 459 g/mol. The number of benzene rings is 2. The van der Waals surface area contributed by atoms with Crippen molar-refractivity contribution in [1.82, 2.24) is 20.2 Å². The number of nitrogens with zero attached hydrogens (tertiary/aromatic N) is 4. The van der Waals surface area contributed by atoms with Crippen LogP contribution < -0.4 is 11.5 Å². The maximum absolute atomic E-state index is 12.3. The maximum atomic E-state index is 12.3. The van der Waals surface area contributed by atoms with Crippen LogP contribution >= 0.6 is 0 Å². The molecule has 2 aromatic carbocycles. The van der Waals surface area contributed by atoms with E-state index in [9.17, 15) is 8.42 Å². The zero-order valence-corrected chi connectivity index (χ0v) is 18.4. The second-order valence-corrected chi connectivity index (χ2v) is 9.92. The van der Waals surface area contributed by atoms with Gasteiger partial charge in [0.05, 0.1) is 22.0 Å². The molecule has 0 saturated heterocycles. The Morgan fingerprint density at radius 1 is 0.969 bits per heavy atom. The van der Waals surface area contributed by atoms with Crippen molar-refractivity contribution < 1.29 is 18.5 Å². The monoisotopic (exact) mass is 458 g/mol. The smallest absolute Gasteiger partial charge is 0.270 e. The van der Waals surface area contributed by atoms with Crippen LogP contribution in [-0.2, 0) is 16.4 Å². The highest BCUT2D eigenvalue weighted by Crippen LogP contribution is 2.28. The molecule has 4 rings (SSSR count). The fraction of sp³-hybridized carbons (Fsp3) is 0.182. The zero-order valence-electron chi connectivity index (χ0n) is 17.6. The fourth-order valence-corrected chi connectivity index (χ4v) is 4.06. The summed E-state index contributed by atoms with van der Waals surface area (Å²) >= 11 is 0. The molecule has 0 unspecified atom stereocenters. The van der Waals surface area contributed by atoms with Gasteiger partial charge in [-0.1, -0.05) is 24.3 Å². The van der Waals surface area contributed by atoms with Crippen molar-refractivity contribution in [3.63, 3.8) is 0 Å². The molecule has 4 N–H and O–H groups in total. The number of sulfone groups is 1. The Kier molecular flexibility index (Phi) is 5.72. The summed E-state index contributed by atoms with van der Waals surface area (Å²) in [6.07, 6.45) is 1.51. The van der Waals surface area contributed by atoms with Crippen molar-refractivity contribution in [2.75, 3.05) is 5.73 Å². The second-order valence-electron chi connectivity index (χ2n) is 7.42. The molecule has 0 bridgehead atoms. The van der Waals surface area contributed by atoms with Gasteiger partial charge >= 0.3 is 0 Å². The molecular weight excluding hydrogens is 428 g/mol. The minimum Gasteiger partial charge on any atom is -0.414 e. The summed E-state index contributed by atoms with van der Waals surface area (Å²) in [5.74, 6) is 0.591. The van der Waals surface area contributed by atoms with Gasteiger partial charge in [0.1, 0.15) is 0 Å². The predicted molar refractivity (Wildman–Crippen MR) is 129 cm³/mol. The molecule has 9 nitrogen and oxygen atoms in total. The molecule has 2 heterocycles. The van der Waals surface area contributed by atoms with E-state index in [4.69, 9.17) is 15.9 Å². The van der Waals surface area contributed by atoms with E-state index in [1.165, 1.54) is 6.20 Å². The van der Waals surface area contributed by atoms with Crippen molar-refractivity contribution >= 4 is 15.7 Å². The first kappa shape index (κ1) is 21.6. The topological polar surface area (TPSA) is 151 Å². The molecule has 0 aliphatic carbocycles. The Hall–Kier alpha value is -3.63. The van der Waals surface area contributed by atoms with Gasteiger partial charge in [0, 0.05) is 23.4 Å². The lowest BCUT2D eigenvalue weighted by atomic mass is 10.1. The van der Waals surface area contributed by atoms with E-state index in [-0.39, 0.29) is 28.0 Å². The SMILES string of the molecule is CC(C)S(=O)(=O)c1ccc(-c2cnc(N)c(-c3nnc(-c4ccc(CN)cc4)o3)n2)cc1.[HH].[HH].[HH].[HH]. The lowest BCUT2D eigenvalue weighted by molar-refractivity contribution is 0.582. The van der Waals surface area contributed by atoms with Crippen molar-refractivity contribution in [2.24, 2.45) is 5.73 Å². The Labute approximate surface area is 191 Å². The van der Waals surface area contributed by atoms with E-state index in [0.717, 1.165) is 11.1 Å². The van der Waals surface area contributed by atoms with Gasteiger partial charge in [-0.05, 0) is 43.7 Å². The molecule has 0 spiro atoms. The summed E-state index contributed by atoms with van der Waals surface area (Å²) in [6.45, 7) is 3.73. The highest BCUT2D eigenvalue weighted by atomic mass is 32.2. The zero-order chi connectivity index (χ0) is 22.9. The van der Waals surface area contributed by atoms with Crippen LogP contribution in [0.4, 0.5) is 5.82 Å². The third-order valence-corrected chi connectivity index (χ3v) is 7.13. The first-order valence-corrected chi connectivity index (χ1v) is 11.4. The van der Waals surface area contributed by atoms with Gasteiger partial charge in [0.2, 0.25) is 5.89 Å². The Morgan fingerprint density at radius 3 is 2.22 bits per heavy atom. The van der Waals surface area contributed by atoms with E-state index < -0.39 is 15.1 Å².